The normalized spacial score (nSPS) is 23.4. The van der Waals surface area contributed by atoms with Crippen molar-refractivity contribution in [3.05, 3.63) is 0 Å². The lowest BCUT2D eigenvalue weighted by Gasteiger charge is -2.17. The molecule has 0 aromatic rings. The van der Waals surface area contributed by atoms with E-state index in [2.05, 4.69) is 16.3 Å². The van der Waals surface area contributed by atoms with Gasteiger partial charge in [-0.2, -0.15) is 0 Å². The second-order valence-electron chi connectivity index (χ2n) is 2.74. The summed E-state index contributed by atoms with van der Waals surface area (Å²) in [4.78, 5) is 0. The summed E-state index contributed by atoms with van der Waals surface area (Å²) >= 11 is 2.96. The molecule has 1 fully saturated rings. The third-order valence-electron chi connectivity index (χ3n) is 2.10. The minimum absolute atomic E-state index is 0.0394. The molecule has 0 saturated heterocycles. The number of halogens is 1. The van der Waals surface area contributed by atoms with Gasteiger partial charge in [-0.3, -0.25) is 3.83 Å². The first-order valence-corrected chi connectivity index (χ1v) is 4.33. The van der Waals surface area contributed by atoms with E-state index < -0.39 is 0 Å². The van der Waals surface area contributed by atoms with E-state index in [1.807, 2.05) is 0 Å². The van der Waals surface area contributed by atoms with E-state index in [-0.39, 0.29) is 6.29 Å². The zero-order valence-electron chi connectivity index (χ0n) is 6.18. The van der Waals surface area contributed by atoms with Crippen molar-refractivity contribution >= 4 is 16.3 Å². The first kappa shape index (κ1) is 8.50. The topological polar surface area (TPSA) is 18.5 Å². The van der Waals surface area contributed by atoms with Crippen molar-refractivity contribution in [1.82, 2.24) is 0 Å². The molecule has 1 atom stereocenters. The van der Waals surface area contributed by atoms with Gasteiger partial charge in [-0.1, -0.05) is 12.8 Å². The Morgan fingerprint density at radius 1 is 1.40 bits per heavy atom. The minimum Gasteiger partial charge on any atom is -0.355 e. The van der Waals surface area contributed by atoms with Crippen molar-refractivity contribution in [2.24, 2.45) is 5.92 Å². The molecule has 0 spiro atoms. The molecule has 1 rings (SSSR count). The summed E-state index contributed by atoms with van der Waals surface area (Å²) in [6.45, 7) is 0. The van der Waals surface area contributed by atoms with E-state index in [9.17, 15) is 0 Å². The van der Waals surface area contributed by atoms with E-state index in [0.29, 0.717) is 5.92 Å². The molecule has 0 bridgehead atoms. The van der Waals surface area contributed by atoms with E-state index in [4.69, 9.17) is 8.57 Å². The largest absolute Gasteiger partial charge is 0.355 e. The second-order valence-corrected chi connectivity index (χ2v) is 3.11. The zero-order valence-corrected chi connectivity index (χ0v) is 7.76. The molecule has 3 heteroatoms. The highest BCUT2D eigenvalue weighted by Crippen LogP contribution is 2.30. The highest BCUT2D eigenvalue weighted by atomic mass is 79.9. The Balaban J connectivity index is 2.29. The smallest absolute Gasteiger partial charge is 0.173 e. The maximum atomic E-state index is 5.11. The van der Waals surface area contributed by atoms with Crippen LogP contribution in [-0.2, 0) is 8.57 Å². The van der Waals surface area contributed by atoms with Gasteiger partial charge in [-0.25, -0.2) is 0 Å². The van der Waals surface area contributed by atoms with Gasteiger partial charge in [0.25, 0.3) is 0 Å². The summed E-state index contributed by atoms with van der Waals surface area (Å²) in [5.41, 5.74) is 0. The number of methoxy groups -OCH3 is 1. The highest BCUT2D eigenvalue weighted by Gasteiger charge is 2.24. The van der Waals surface area contributed by atoms with Gasteiger partial charge in [0, 0.05) is 13.0 Å². The fourth-order valence-electron chi connectivity index (χ4n) is 1.53. The average Bonchev–Trinajstić information content (AvgIpc) is 2.43. The van der Waals surface area contributed by atoms with Crippen LogP contribution in [-0.4, -0.2) is 13.4 Å². The van der Waals surface area contributed by atoms with Crippen molar-refractivity contribution < 1.29 is 8.57 Å². The maximum Gasteiger partial charge on any atom is 0.173 e. The molecule has 0 radical (unpaired) electrons. The molecule has 0 N–H and O–H groups in total. The van der Waals surface area contributed by atoms with Crippen LogP contribution in [0.5, 0.6) is 0 Å². The second kappa shape index (κ2) is 4.31. The Labute approximate surface area is 70.3 Å². The lowest BCUT2D eigenvalue weighted by Crippen LogP contribution is -2.20. The molecule has 60 valence electrons. The van der Waals surface area contributed by atoms with Crippen molar-refractivity contribution in [2.75, 3.05) is 7.11 Å². The van der Waals surface area contributed by atoms with Crippen LogP contribution in [0.25, 0.3) is 0 Å². The predicted octanol–water partition coefficient (Wildman–Crippen LogP) is 2.48. The van der Waals surface area contributed by atoms with Gasteiger partial charge in [0.2, 0.25) is 0 Å². The van der Waals surface area contributed by atoms with Crippen LogP contribution in [0.4, 0.5) is 0 Å². The molecule has 0 aromatic heterocycles. The Morgan fingerprint density at radius 3 is 2.40 bits per heavy atom. The van der Waals surface area contributed by atoms with Crippen LogP contribution in [0.15, 0.2) is 0 Å². The van der Waals surface area contributed by atoms with Crippen molar-refractivity contribution in [3.63, 3.8) is 0 Å². The molecule has 0 amide bonds. The van der Waals surface area contributed by atoms with Crippen LogP contribution in [0.3, 0.4) is 0 Å². The van der Waals surface area contributed by atoms with Crippen LogP contribution in [0.1, 0.15) is 25.7 Å². The third-order valence-corrected chi connectivity index (χ3v) is 2.47. The third kappa shape index (κ3) is 1.94. The molecule has 1 aliphatic rings. The quantitative estimate of drug-likeness (QED) is 0.664. The molecule has 1 saturated carbocycles. The summed E-state index contributed by atoms with van der Waals surface area (Å²) in [5, 5.41) is 0. The fraction of sp³-hybridized carbons (Fsp3) is 1.00. The molecular formula is C7H13BrO2. The van der Waals surface area contributed by atoms with E-state index in [1.54, 1.807) is 7.11 Å². The zero-order chi connectivity index (χ0) is 7.40. The Hall–Kier alpha value is 0.400. The highest BCUT2D eigenvalue weighted by molar-refractivity contribution is 9.06. The average molecular weight is 209 g/mol. The van der Waals surface area contributed by atoms with Gasteiger partial charge in [0.15, 0.2) is 6.29 Å². The molecule has 0 aliphatic heterocycles. The molecule has 0 aromatic carbocycles. The summed E-state index contributed by atoms with van der Waals surface area (Å²) in [6, 6.07) is 0. The van der Waals surface area contributed by atoms with E-state index >= 15 is 0 Å². The van der Waals surface area contributed by atoms with Crippen LogP contribution in [0, 0.1) is 5.92 Å². The van der Waals surface area contributed by atoms with Gasteiger partial charge >= 0.3 is 0 Å². The maximum absolute atomic E-state index is 5.11. The van der Waals surface area contributed by atoms with E-state index in [1.165, 1.54) is 25.7 Å². The molecule has 2 nitrogen and oxygen atoms in total. The number of hydrogen-bond acceptors (Lipinski definition) is 2. The standard InChI is InChI=1S/C7H13BrO2/c1-9-7(10-8)6-4-2-3-5-6/h6-7H,2-5H2,1H3/t7-/m0/s1. The summed E-state index contributed by atoms with van der Waals surface area (Å²) in [6.07, 6.45) is 5.08. The predicted molar refractivity (Wildman–Crippen MR) is 42.8 cm³/mol. The Morgan fingerprint density at radius 2 is 2.00 bits per heavy atom. The SMILES string of the molecule is CO[C@@H](OBr)C1CCCC1. The van der Waals surface area contributed by atoms with Crippen molar-refractivity contribution in [3.8, 4) is 0 Å². The molecular weight excluding hydrogens is 196 g/mol. The summed E-state index contributed by atoms with van der Waals surface area (Å²) in [7, 11) is 1.68. The van der Waals surface area contributed by atoms with Crippen molar-refractivity contribution in [1.29, 1.82) is 0 Å². The Kier molecular flexibility index (Phi) is 3.66. The van der Waals surface area contributed by atoms with Crippen LogP contribution in [0.2, 0.25) is 0 Å². The van der Waals surface area contributed by atoms with Gasteiger partial charge < -0.3 is 4.74 Å². The molecule has 10 heavy (non-hydrogen) atoms. The van der Waals surface area contributed by atoms with Crippen molar-refractivity contribution in [2.45, 2.75) is 32.0 Å². The summed E-state index contributed by atoms with van der Waals surface area (Å²) in [5.74, 6) is 0.601. The summed E-state index contributed by atoms with van der Waals surface area (Å²) < 4.78 is 10.1. The van der Waals surface area contributed by atoms with Gasteiger partial charge in [0.05, 0.1) is 0 Å². The molecule has 0 unspecified atom stereocenters. The first-order valence-electron chi connectivity index (χ1n) is 3.68. The number of hydrogen-bond donors (Lipinski definition) is 0. The Bertz CT molecular complexity index is 87.6. The monoisotopic (exact) mass is 208 g/mol. The number of rotatable bonds is 3. The van der Waals surface area contributed by atoms with Crippen LogP contribution < -0.4 is 0 Å². The molecule has 0 heterocycles. The first-order chi connectivity index (χ1) is 4.88. The lowest BCUT2D eigenvalue weighted by atomic mass is 10.1. The number of ether oxygens (including phenoxy) is 1. The van der Waals surface area contributed by atoms with Gasteiger partial charge in [-0.15, -0.1) is 0 Å². The minimum atomic E-state index is -0.0394. The van der Waals surface area contributed by atoms with Gasteiger partial charge in [-0.05, 0) is 12.8 Å². The van der Waals surface area contributed by atoms with E-state index in [0.717, 1.165) is 0 Å². The molecule has 1 aliphatic carbocycles. The lowest BCUT2D eigenvalue weighted by molar-refractivity contribution is -0.0735. The van der Waals surface area contributed by atoms with Crippen LogP contribution >= 0.6 is 16.3 Å². The fourth-order valence-corrected chi connectivity index (χ4v) is 1.99. The van der Waals surface area contributed by atoms with Gasteiger partial charge in [0.1, 0.15) is 16.3 Å².